The van der Waals surface area contributed by atoms with Crippen LogP contribution in [-0.2, 0) is 12.8 Å². The van der Waals surface area contributed by atoms with Gasteiger partial charge < -0.3 is 11.1 Å². The number of piperidine rings is 1. The van der Waals surface area contributed by atoms with Gasteiger partial charge in [0.15, 0.2) is 0 Å². The minimum Gasteiger partial charge on any atom is -0.383 e. The molecule has 0 bridgehead atoms. The molecule has 3 N–H and O–H groups in total. The summed E-state index contributed by atoms with van der Waals surface area (Å²) >= 11 is 1.41. The highest BCUT2D eigenvalue weighted by molar-refractivity contribution is 7.03. The van der Waals surface area contributed by atoms with Crippen LogP contribution in [0.2, 0.25) is 0 Å². The Hall–Kier alpha value is -1.68. The van der Waals surface area contributed by atoms with Crippen molar-refractivity contribution < 1.29 is 0 Å². The molecule has 0 amide bonds. The van der Waals surface area contributed by atoms with Crippen LogP contribution in [-0.4, -0.2) is 22.4 Å². The van der Waals surface area contributed by atoms with Gasteiger partial charge in [-0.25, -0.2) is 9.36 Å². The molecule has 0 radical (unpaired) electrons. The average molecular weight is 362 g/mol. The van der Waals surface area contributed by atoms with E-state index in [1.165, 1.54) is 36.4 Å². The zero-order valence-corrected chi connectivity index (χ0v) is 15.0. The van der Waals surface area contributed by atoms with Gasteiger partial charge in [0.05, 0.1) is 0 Å². The van der Waals surface area contributed by atoms with E-state index in [-0.39, 0.29) is 12.4 Å². The molecule has 24 heavy (non-hydrogen) atoms. The van der Waals surface area contributed by atoms with E-state index in [0.717, 1.165) is 42.8 Å². The Morgan fingerprint density at radius 3 is 2.75 bits per heavy atom. The number of fused-ring (bicyclic) bond motifs is 1. The number of halogens is 1. The fourth-order valence-corrected chi connectivity index (χ4v) is 4.61. The van der Waals surface area contributed by atoms with Gasteiger partial charge in [-0.05, 0) is 67.7 Å². The molecular weight excluding hydrogens is 342 g/mol. The van der Waals surface area contributed by atoms with Gasteiger partial charge in [-0.1, -0.05) is 0 Å². The standard InChI is InChI=1S/C17H19N5S.ClH/c18-8-13-15(11-9-21-23-10-11)12-7-17(3-5-20-6-4-17)2-1-14(12)22-16(13)19;/h9-10,20H,1-7H2,(H2,19,22);1H. The lowest BCUT2D eigenvalue weighted by Gasteiger charge is -2.42. The quantitative estimate of drug-likeness (QED) is 0.815. The second-order valence-electron chi connectivity index (χ2n) is 6.62. The smallest absolute Gasteiger partial charge is 0.142 e. The normalized spacial score (nSPS) is 18.5. The third-order valence-electron chi connectivity index (χ3n) is 5.35. The Labute approximate surface area is 151 Å². The maximum Gasteiger partial charge on any atom is 0.142 e. The molecule has 1 aliphatic carbocycles. The van der Waals surface area contributed by atoms with Crippen molar-refractivity contribution in [2.75, 3.05) is 18.8 Å². The monoisotopic (exact) mass is 361 g/mol. The van der Waals surface area contributed by atoms with Crippen molar-refractivity contribution in [3.05, 3.63) is 28.4 Å². The highest BCUT2D eigenvalue weighted by Gasteiger charge is 2.38. The number of anilines is 1. The SMILES string of the molecule is Cl.N#Cc1c(N)nc2c(c1-c1cnsc1)CC1(CCNCC1)CC2. The zero-order chi connectivity index (χ0) is 15.9. The fraction of sp³-hybridized carbons (Fsp3) is 0.471. The summed E-state index contributed by atoms with van der Waals surface area (Å²) < 4.78 is 4.22. The minimum absolute atomic E-state index is 0. The number of pyridine rings is 1. The molecule has 1 fully saturated rings. The van der Waals surface area contributed by atoms with Gasteiger partial charge in [0.25, 0.3) is 0 Å². The molecule has 3 heterocycles. The van der Waals surface area contributed by atoms with Crippen molar-refractivity contribution in [1.29, 1.82) is 5.26 Å². The molecule has 0 aromatic carbocycles. The highest BCUT2D eigenvalue weighted by atomic mass is 35.5. The first-order valence-corrected chi connectivity index (χ1v) is 8.88. The molecule has 0 saturated carbocycles. The Balaban J connectivity index is 0.00000169. The molecule has 2 aliphatic rings. The van der Waals surface area contributed by atoms with Crippen LogP contribution in [0.15, 0.2) is 11.6 Å². The van der Waals surface area contributed by atoms with Crippen LogP contribution in [0.5, 0.6) is 0 Å². The van der Waals surface area contributed by atoms with Crippen molar-refractivity contribution in [2.45, 2.75) is 32.1 Å². The van der Waals surface area contributed by atoms with E-state index in [1.54, 1.807) is 0 Å². The van der Waals surface area contributed by atoms with Crippen LogP contribution in [0, 0.1) is 16.7 Å². The molecule has 1 aliphatic heterocycles. The van der Waals surface area contributed by atoms with Crippen molar-refractivity contribution in [3.8, 4) is 17.2 Å². The van der Waals surface area contributed by atoms with Crippen molar-refractivity contribution >= 4 is 29.8 Å². The summed E-state index contributed by atoms with van der Waals surface area (Å²) in [7, 11) is 0. The third-order valence-corrected chi connectivity index (χ3v) is 5.94. The number of aryl methyl sites for hydroxylation is 1. The fourth-order valence-electron chi connectivity index (χ4n) is 4.08. The van der Waals surface area contributed by atoms with Gasteiger partial charge in [-0.2, -0.15) is 5.26 Å². The lowest BCUT2D eigenvalue weighted by atomic mass is 9.66. The van der Waals surface area contributed by atoms with Gasteiger partial charge in [-0.3, -0.25) is 0 Å². The highest BCUT2D eigenvalue weighted by Crippen LogP contribution is 2.46. The Morgan fingerprint density at radius 1 is 1.29 bits per heavy atom. The number of rotatable bonds is 1. The van der Waals surface area contributed by atoms with E-state index < -0.39 is 0 Å². The molecule has 1 saturated heterocycles. The summed E-state index contributed by atoms with van der Waals surface area (Å²) in [4.78, 5) is 4.56. The predicted octanol–water partition coefficient (Wildman–Crippen LogP) is 2.94. The number of hydrogen-bond donors (Lipinski definition) is 2. The topological polar surface area (TPSA) is 87.6 Å². The van der Waals surface area contributed by atoms with E-state index in [2.05, 4.69) is 20.7 Å². The maximum absolute atomic E-state index is 9.60. The number of aromatic nitrogens is 2. The van der Waals surface area contributed by atoms with Crippen molar-refractivity contribution in [3.63, 3.8) is 0 Å². The summed E-state index contributed by atoms with van der Waals surface area (Å²) in [5.74, 6) is 0.355. The van der Waals surface area contributed by atoms with Crippen LogP contribution < -0.4 is 11.1 Å². The first-order chi connectivity index (χ1) is 11.2. The first-order valence-electron chi connectivity index (χ1n) is 8.04. The largest absolute Gasteiger partial charge is 0.383 e. The lowest BCUT2D eigenvalue weighted by Crippen LogP contribution is -2.40. The number of nitrogens with two attached hydrogens (primary N) is 1. The number of hydrogen-bond acceptors (Lipinski definition) is 6. The molecule has 7 heteroatoms. The summed E-state index contributed by atoms with van der Waals surface area (Å²) in [6, 6.07) is 2.27. The first kappa shape index (κ1) is 17.2. The molecule has 0 atom stereocenters. The van der Waals surface area contributed by atoms with E-state index >= 15 is 0 Å². The summed E-state index contributed by atoms with van der Waals surface area (Å²) in [5.41, 5.74) is 11.2. The number of nitrogen functional groups attached to an aromatic ring is 1. The second kappa shape index (κ2) is 6.67. The molecular formula is C17H20ClN5S. The van der Waals surface area contributed by atoms with Crippen LogP contribution in [0.25, 0.3) is 11.1 Å². The Bertz CT molecular complexity index is 775. The van der Waals surface area contributed by atoms with Gasteiger partial charge in [0.2, 0.25) is 0 Å². The Morgan fingerprint density at radius 2 is 2.08 bits per heavy atom. The van der Waals surface area contributed by atoms with Gasteiger partial charge in [0, 0.05) is 28.4 Å². The summed E-state index contributed by atoms with van der Waals surface area (Å²) in [6.45, 7) is 2.16. The second-order valence-corrected chi connectivity index (χ2v) is 7.28. The van der Waals surface area contributed by atoms with Crippen LogP contribution in [0.3, 0.4) is 0 Å². The predicted molar refractivity (Wildman–Crippen MR) is 98.3 cm³/mol. The molecule has 2 aromatic heterocycles. The third kappa shape index (κ3) is 2.77. The van der Waals surface area contributed by atoms with Crippen molar-refractivity contribution in [2.24, 2.45) is 5.41 Å². The van der Waals surface area contributed by atoms with Crippen LogP contribution in [0.4, 0.5) is 5.82 Å². The van der Waals surface area contributed by atoms with E-state index in [0.29, 0.717) is 16.8 Å². The van der Waals surface area contributed by atoms with Crippen molar-refractivity contribution in [1.82, 2.24) is 14.7 Å². The summed E-state index contributed by atoms with van der Waals surface area (Å²) in [5, 5.41) is 15.1. The molecule has 4 rings (SSSR count). The average Bonchev–Trinajstić information content (AvgIpc) is 3.09. The van der Waals surface area contributed by atoms with E-state index in [1.807, 2.05) is 11.6 Å². The Kier molecular flexibility index (Phi) is 4.77. The van der Waals surface area contributed by atoms with Gasteiger partial charge >= 0.3 is 0 Å². The lowest BCUT2D eigenvalue weighted by molar-refractivity contribution is 0.173. The summed E-state index contributed by atoms with van der Waals surface area (Å²) in [6.07, 6.45) is 7.35. The van der Waals surface area contributed by atoms with Gasteiger partial charge in [0.1, 0.15) is 17.5 Å². The minimum atomic E-state index is 0. The van der Waals surface area contributed by atoms with E-state index in [4.69, 9.17) is 5.73 Å². The number of nitrogens with one attached hydrogen (secondary N) is 1. The zero-order valence-electron chi connectivity index (χ0n) is 13.3. The number of nitrogens with zero attached hydrogens (tertiary/aromatic N) is 3. The maximum atomic E-state index is 9.60. The molecule has 1 spiro atoms. The van der Waals surface area contributed by atoms with Gasteiger partial charge in [-0.15, -0.1) is 12.4 Å². The molecule has 126 valence electrons. The van der Waals surface area contributed by atoms with E-state index in [9.17, 15) is 5.26 Å². The van der Waals surface area contributed by atoms with Crippen LogP contribution >= 0.6 is 23.9 Å². The van der Waals surface area contributed by atoms with Crippen LogP contribution in [0.1, 0.15) is 36.1 Å². The molecule has 5 nitrogen and oxygen atoms in total. The number of nitriles is 1. The molecule has 2 aromatic rings. The molecule has 0 unspecified atom stereocenters.